The van der Waals surface area contributed by atoms with Crippen LogP contribution >= 0.6 is 0 Å². The van der Waals surface area contributed by atoms with E-state index in [2.05, 4.69) is 24.3 Å². The number of hydrogen-bond acceptors (Lipinski definition) is 2. The van der Waals surface area contributed by atoms with E-state index in [0.29, 0.717) is 18.3 Å². The fourth-order valence-corrected chi connectivity index (χ4v) is 1.75. The first-order valence-corrected chi connectivity index (χ1v) is 6.32. The van der Waals surface area contributed by atoms with Crippen molar-refractivity contribution < 1.29 is 8.78 Å². The van der Waals surface area contributed by atoms with Crippen molar-refractivity contribution in [3.8, 4) is 0 Å². The number of aromatic nitrogens is 2. The van der Waals surface area contributed by atoms with Crippen molar-refractivity contribution in [2.75, 3.05) is 5.32 Å². The average molecular weight is 265 g/mol. The highest BCUT2D eigenvalue weighted by Crippen LogP contribution is 2.14. The summed E-state index contributed by atoms with van der Waals surface area (Å²) in [7, 11) is 0. The maximum absolute atomic E-state index is 13.0. The fourth-order valence-electron chi connectivity index (χ4n) is 1.75. The Morgan fingerprint density at radius 2 is 1.95 bits per heavy atom. The standard InChI is InChI=1S/C14H17F2N3/c1-3-10(2)19-5-4-13(18-19)9-17-14-7-11(15)6-12(16)8-14/h4-8,10,17H,3,9H2,1-2H3. The van der Waals surface area contributed by atoms with Gasteiger partial charge in [-0.15, -0.1) is 0 Å². The number of benzene rings is 1. The number of halogens is 2. The van der Waals surface area contributed by atoms with Crippen LogP contribution in [0.4, 0.5) is 14.5 Å². The van der Waals surface area contributed by atoms with Gasteiger partial charge in [0.25, 0.3) is 0 Å². The van der Waals surface area contributed by atoms with Crippen molar-refractivity contribution in [1.82, 2.24) is 9.78 Å². The summed E-state index contributed by atoms with van der Waals surface area (Å²) in [6.45, 7) is 4.62. The normalized spacial score (nSPS) is 12.4. The summed E-state index contributed by atoms with van der Waals surface area (Å²) in [6.07, 6.45) is 2.92. The van der Waals surface area contributed by atoms with E-state index in [1.54, 1.807) is 0 Å². The van der Waals surface area contributed by atoms with E-state index in [1.807, 2.05) is 16.9 Å². The van der Waals surface area contributed by atoms with E-state index in [0.717, 1.165) is 18.2 Å². The zero-order valence-electron chi connectivity index (χ0n) is 11.0. The Bertz CT molecular complexity index is 531. The van der Waals surface area contributed by atoms with Crippen LogP contribution in [0, 0.1) is 11.6 Å². The lowest BCUT2D eigenvalue weighted by Crippen LogP contribution is -2.06. The van der Waals surface area contributed by atoms with Crippen LogP contribution in [0.3, 0.4) is 0 Å². The quantitative estimate of drug-likeness (QED) is 0.892. The Hall–Kier alpha value is -1.91. The first kappa shape index (κ1) is 13.5. The highest BCUT2D eigenvalue weighted by atomic mass is 19.1. The molecule has 0 aliphatic carbocycles. The van der Waals surface area contributed by atoms with Gasteiger partial charge >= 0.3 is 0 Å². The largest absolute Gasteiger partial charge is 0.379 e. The van der Waals surface area contributed by atoms with Crippen LogP contribution in [0.5, 0.6) is 0 Å². The second kappa shape index (κ2) is 5.82. The molecule has 1 unspecified atom stereocenters. The molecular weight excluding hydrogens is 248 g/mol. The van der Waals surface area contributed by atoms with E-state index >= 15 is 0 Å². The molecule has 0 aliphatic rings. The Morgan fingerprint density at radius 3 is 2.58 bits per heavy atom. The Balaban J connectivity index is 2.00. The van der Waals surface area contributed by atoms with Gasteiger partial charge in [0.2, 0.25) is 0 Å². The van der Waals surface area contributed by atoms with Crippen molar-refractivity contribution in [3.05, 3.63) is 47.8 Å². The topological polar surface area (TPSA) is 29.9 Å². The third-order valence-corrected chi connectivity index (χ3v) is 3.04. The molecule has 1 aromatic carbocycles. The number of nitrogens with one attached hydrogen (secondary N) is 1. The summed E-state index contributed by atoms with van der Waals surface area (Å²) >= 11 is 0. The van der Waals surface area contributed by atoms with Crippen molar-refractivity contribution >= 4 is 5.69 Å². The molecule has 0 amide bonds. The van der Waals surface area contributed by atoms with Crippen molar-refractivity contribution in [2.24, 2.45) is 0 Å². The third-order valence-electron chi connectivity index (χ3n) is 3.04. The first-order chi connectivity index (χ1) is 9.08. The summed E-state index contributed by atoms with van der Waals surface area (Å²) in [4.78, 5) is 0. The molecule has 2 aromatic rings. The van der Waals surface area contributed by atoms with Gasteiger partial charge in [0.05, 0.1) is 12.2 Å². The van der Waals surface area contributed by atoms with Crippen LogP contribution < -0.4 is 5.32 Å². The zero-order valence-corrected chi connectivity index (χ0v) is 11.0. The van der Waals surface area contributed by atoms with Gasteiger partial charge < -0.3 is 5.32 Å². The van der Waals surface area contributed by atoms with Crippen molar-refractivity contribution in [3.63, 3.8) is 0 Å². The second-order valence-electron chi connectivity index (χ2n) is 4.56. The molecule has 0 saturated heterocycles. The van der Waals surface area contributed by atoms with E-state index in [1.165, 1.54) is 12.1 Å². The second-order valence-corrected chi connectivity index (χ2v) is 4.56. The van der Waals surface area contributed by atoms with Gasteiger partial charge in [-0.05, 0) is 31.5 Å². The molecule has 0 bridgehead atoms. The fraction of sp³-hybridized carbons (Fsp3) is 0.357. The number of anilines is 1. The summed E-state index contributed by atoms with van der Waals surface area (Å²) in [5.41, 5.74) is 1.25. The Labute approximate surface area is 111 Å². The third kappa shape index (κ3) is 3.53. The van der Waals surface area contributed by atoms with Gasteiger partial charge in [-0.25, -0.2) is 8.78 Å². The molecule has 3 nitrogen and oxygen atoms in total. The van der Waals surface area contributed by atoms with Crippen LogP contribution in [-0.2, 0) is 6.54 Å². The van der Waals surface area contributed by atoms with Gasteiger partial charge in [-0.1, -0.05) is 6.92 Å². The maximum atomic E-state index is 13.0. The van der Waals surface area contributed by atoms with Crippen LogP contribution in [0.1, 0.15) is 32.0 Å². The van der Waals surface area contributed by atoms with Gasteiger partial charge in [0.1, 0.15) is 11.6 Å². The average Bonchev–Trinajstić information content (AvgIpc) is 2.83. The van der Waals surface area contributed by atoms with E-state index in [-0.39, 0.29) is 0 Å². The lowest BCUT2D eigenvalue weighted by molar-refractivity contribution is 0.474. The first-order valence-electron chi connectivity index (χ1n) is 6.32. The SMILES string of the molecule is CCC(C)n1ccc(CNc2cc(F)cc(F)c2)n1. The van der Waals surface area contributed by atoms with Gasteiger partial charge in [-0.3, -0.25) is 4.68 Å². The van der Waals surface area contributed by atoms with Gasteiger partial charge in [0, 0.05) is 24.0 Å². The Kier molecular flexibility index (Phi) is 4.14. The minimum atomic E-state index is -0.590. The monoisotopic (exact) mass is 265 g/mol. The molecule has 2 rings (SSSR count). The van der Waals surface area contributed by atoms with E-state index in [4.69, 9.17) is 0 Å². The Morgan fingerprint density at radius 1 is 1.26 bits per heavy atom. The molecule has 1 N–H and O–H groups in total. The van der Waals surface area contributed by atoms with E-state index in [9.17, 15) is 8.78 Å². The lowest BCUT2D eigenvalue weighted by Gasteiger charge is -2.08. The molecule has 0 radical (unpaired) electrons. The summed E-state index contributed by atoms with van der Waals surface area (Å²) in [5, 5.41) is 7.36. The molecular formula is C14H17F2N3. The van der Waals surface area contributed by atoms with Gasteiger partial charge in [-0.2, -0.15) is 5.10 Å². The smallest absolute Gasteiger partial charge is 0.128 e. The molecule has 5 heteroatoms. The molecule has 0 saturated carbocycles. The summed E-state index contributed by atoms with van der Waals surface area (Å²) < 4.78 is 27.9. The predicted octanol–water partition coefficient (Wildman–Crippen LogP) is 3.74. The van der Waals surface area contributed by atoms with Crippen LogP contribution in [0.2, 0.25) is 0 Å². The van der Waals surface area contributed by atoms with Crippen molar-refractivity contribution in [2.45, 2.75) is 32.9 Å². The minimum absolute atomic E-state index is 0.348. The van der Waals surface area contributed by atoms with E-state index < -0.39 is 11.6 Å². The highest BCUT2D eigenvalue weighted by molar-refractivity contribution is 5.43. The maximum Gasteiger partial charge on any atom is 0.128 e. The molecule has 102 valence electrons. The van der Waals surface area contributed by atoms with Crippen LogP contribution in [0.15, 0.2) is 30.5 Å². The van der Waals surface area contributed by atoms with Gasteiger partial charge in [0.15, 0.2) is 0 Å². The molecule has 1 heterocycles. The predicted molar refractivity (Wildman–Crippen MR) is 70.9 cm³/mol. The van der Waals surface area contributed by atoms with Crippen LogP contribution in [-0.4, -0.2) is 9.78 Å². The summed E-state index contributed by atoms with van der Waals surface area (Å²) in [6, 6.07) is 5.61. The molecule has 0 fully saturated rings. The minimum Gasteiger partial charge on any atom is -0.379 e. The lowest BCUT2D eigenvalue weighted by atomic mass is 10.3. The number of hydrogen-bond donors (Lipinski definition) is 1. The molecule has 1 aromatic heterocycles. The zero-order chi connectivity index (χ0) is 13.8. The molecule has 19 heavy (non-hydrogen) atoms. The molecule has 0 spiro atoms. The highest BCUT2D eigenvalue weighted by Gasteiger charge is 2.05. The molecule has 1 atom stereocenters. The molecule has 0 aliphatic heterocycles. The van der Waals surface area contributed by atoms with Crippen LogP contribution in [0.25, 0.3) is 0 Å². The van der Waals surface area contributed by atoms with Crippen molar-refractivity contribution in [1.29, 1.82) is 0 Å². The number of nitrogens with zero attached hydrogens (tertiary/aromatic N) is 2. The summed E-state index contributed by atoms with van der Waals surface area (Å²) in [5.74, 6) is -1.18. The number of rotatable bonds is 5.